The summed E-state index contributed by atoms with van der Waals surface area (Å²) in [5.41, 5.74) is 9.64. The van der Waals surface area contributed by atoms with Crippen LogP contribution in [-0.4, -0.2) is 58.8 Å². The molecule has 9 nitrogen and oxygen atoms in total. The van der Waals surface area contributed by atoms with Crippen molar-refractivity contribution in [3.8, 4) is 0 Å². The summed E-state index contributed by atoms with van der Waals surface area (Å²) in [6, 6.07) is -1.09. The third-order valence-electron chi connectivity index (χ3n) is 5.48. The van der Waals surface area contributed by atoms with E-state index in [1.54, 1.807) is 13.0 Å². The predicted octanol–water partition coefficient (Wildman–Crippen LogP) is 3.30. The number of anilines is 1. The normalized spacial score (nSPS) is 18.7. The van der Waals surface area contributed by atoms with Crippen LogP contribution in [0.5, 0.6) is 0 Å². The summed E-state index contributed by atoms with van der Waals surface area (Å²) in [6.45, 7) is 3.65. The number of carbonyl (C=O) groups excluding carboxylic acids is 2. The molecule has 196 valence electrons. The number of ether oxygens (including phenoxy) is 1. The molecule has 1 fully saturated rings. The number of nitrogens with zero attached hydrogens (tertiary/aromatic N) is 3. The van der Waals surface area contributed by atoms with Crippen LogP contribution in [0.4, 0.5) is 23.8 Å². The van der Waals surface area contributed by atoms with Gasteiger partial charge in [0.05, 0.1) is 29.4 Å². The molecular formula is C26H23F3N6O3. The number of alkyl halides is 3. The number of carbonyl (C=O) groups is 2. The molecule has 1 saturated heterocycles. The van der Waals surface area contributed by atoms with Crippen LogP contribution in [0.25, 0.3) is 0 Å². The summed E-state index contributed by atoms with van der Waals surface area (Å²) in [4.78, 5) is 35.3. The van der Waals surface area contributed by atoms with Crippen molar-refractivity contribution in [3.63, 3.8) is 0 Å². The van der Waals surface area contributed by atoms with Gasteiger partial charge in [-0.1, -0.05) is 17.5 Å². The van der Waals surface area contributed by atoms with Gasteiger partial charge in [-0.05, 0) is 37.6 Å². The van der Waals surface area contributed by atoms with Gasteiger partial charge in [0.25, 0.3) is 5.91 Å². The van der Waals surface area contributed by atoms with Crippen LogP contribution in [-0.2, 0) is 9.53 Å². The third kappa shape index (κ3) is 7.70. The molecule has 0 saturated carbocycles. The van der Waals surface area contributed by atoms with Crippen LogP contribution in [0, 0.1) is 6.92 Å². The van der Waals surface area contributed by atoms with Crippen LogP contribution >= 0.6 is 0 Å². The Morgan fingerprint density at radius 1 is 1.21 bits per heavy atom. The van der Waals surface area contributed by atoms with E-state index in [1.165, 1.54) is 18.5 Å². The van der Waals surface area contributed by atoms with Crippen LogP contribution in [0.2, 0.25) is 0 Å². The number of aromatic nitrogens is 2. The van der Waals surface area contributed by atoms with E-state index in [1.807, 2.05) is 12.2 Å². The molecule has 0 bridgehead atoms. The molecule has 1 aromatic heterocycles. The van der Waals surface area contributed by atoms with E-state index in [9.17, 15) is 22.8 Å². The molecule has 1 aromatic rings. The highest BCUT2D eigenvalue weighted by Gasteiger charge is 2.34. The molecule has 2 heterocycles. The second kappa shape index (κ2) is 11.6. The van der Waals surface area contributed by atoms with Crippen molar-refractivity contribution in [1.29, 1.82) is 0 Å². The average Bonchev–Trinajstić information content (AvgIpc) is 3.20. The lowest BCUT2D eigenvalue weighted by Gasteiger charge is -2.18. The Morgan fingerprint density at radius 3 is 2.76 bits per heavy atom. The van der Waals surface area contributed by atoms with E-state index in [4.69, 9.17) is 0 Å². The number of halogens is 3. The minimum Gasteiger partial charge on any atom is -0.404 e. The van der Waals surface area contributed by atoms with E-state index in [0.717, 1.165) is 24.3 Å². The fourth-order valence-electron chi connectivity index (χ4n) is 3.80. The topological polar surface area (TPSA) is 108 Å². The molecule has 1 unspecified atom stereocenters. The number of allylic oxidation sites excluding steroid dienone is 3. The summed E-state index contributed by atoms with van der Waals surface area (Å²) >= 11 is 0. The third-order valence-corrected chi connectivity index (χ3v) is 5.48. The van der Waals surface area contributed by atoms with Gasteiger partial charge in [-0.3, -0.25) is 20.0 Å². The number of nitrogens with one attached hydrogen (secondary N) is 3. The second-order valence-electron chi connectivity index (χ2n) is 8.50. The summed E-state index contributed by atoms with van der Waals surface area (Å²) in [7, 11) is 0. The Morgan fingerprint density at radius 2 is 2.05 bits per heavy atom. The Labute approximate surface area is 216 Å². The van der Waals surface area contributed by atoms with Gasteiger partial charge in [0.1, 0.15) is 0 Å². The van der Waals surface area contributed by atoms with Crippen LogP contribution in [0.15, 0.2) is 88.6 Å². The molecule has 0 radical (unpaired) electrons. The smallest absolute Gasteiger partial charge is 0.404 e. The van der Waals surface area contributed by atoms with Crippen molar-refractivity contribution in [1.82, 2.24) is 25.5 Å². The molecule has 1 aliphatic heterocycles. The van der Waals surface area contributed by atoms with Crippen molar-refractivity contribution in [2.75, 3.05) is 25.0 Å². The minimum absolute atomic E-state index is 0.0900. The monoisotopic (exact) mass is 524 g/mol. The maximum atomic E-state index is 13.2. The van der Waals surface area contributed by atoms with Gasteiger partial charge in [-0.2, -0.15) is 0 Å². The van der Waals surface area contributed by atoms with Crippen molar-refractivity contribution in [2.45, 2.75) is 25.7 Å². The highest BCUT2D eigenvalue weighted by atomic mass is 19.4. The van der Waals surface area contributed by atoms with Crippen molar-refractivity contribution >= 4 is 17.8 Å². The molecule has 3 N–H and O–H groups in total. The molecule has 4 rings (SSSR count). The molecule has 2 aliphatic carbocycles. The van der Waals surface area contributed by atoms with Gasteiger partial charge in [0.15, 0.2) is 11.6 Å². The number of rotatable bonds is 7. The lowest BCUT2D eigenvalue weighted by molar-refractivity contribution is -0.304. The molecule has 1 atom stereocenters. The lowest BCUT2D eigenvalue weighted by Crippen LogP contribution is -2.38. The van der Waals surface area contributed by atoms with E-state index < -0.39 is 24.1 Å². The molecular weight excluding hydrogens is 501 g/mol. The van der Waals surface area contributed by atoms with Crippen LogP contribution < -0.4 is 16.0 Å². The zero-order valence-electron chi connectivity index (χ0n) is 20.2. The zero-order chi connectivity index (χ0) is 27.1. The van der Waals surface area contributed by atoms with E-state index >= 15 is 0 Å². The second-order valence-corrected chi connectivity index (χ2v) is 8.50. The van der Waals surface area contributed by atoms with Crippen molar-refractivity contribution in [3.05, 3.63) is 94.3 Å². The number of urea groups is 1. The highest BCUT2D eigenvalue weighted by molar-refractivity contribution is 5.97. The maximum Gasteiger partial charge on any atom is 0.573 e. The van der Waals surface area contributed by atoms with Crippen molar-refractivity contribution in [2.24, 2.45) is 0 Å². The zero-order valence-corrected chi connectivity index (χ0v) is 20.2. The first-order valence-corrected chi connectivity index (χ1v) is 11.6. The highest BCUT2D eigenvalue weighted by Crippen LogP contribution is 2.26. The van der Waals surface area contributed by atoms with E-state index in [-0.39, 0.29) is 23.1 Å². The van der Waals surface area contributed by atoms with E-state index in [2.05, 4.69) is 52.7 Å². The Balaban J connectivity index is 1.41. The Bertz CT molecular complexity index is 1370. The van der Waals surface area contributed by atoms with Gasteiger partial charge in [0.2, 0.25) is 0 Å². The Kier molecular flexibility index (Phi) is 8.11. The van der Waals surface area contributed by atoms with E-state index in [0.29, 0.717) is 25.2 Å². The standard InChI is InChI=1S/C26H23F3N6O3/c1-17-13-31-23(14-30-17)34-25(37)33-21-9-5-8-19(12-22(21)38-26(27,28)29)24(36)32-20-10-11-35(16-20)15-18-6-3-2-4-7-18/h2-3,5-6,9,12-14,20H,10-11,15-16H2,1H3,(H,32,36)(H2,31,33,34,37). The van der Waals surface area contributed by atoms with Gasteiger partial charge < -0.3 is 15.4 Å². The summed E-state index contributed by atoms with van der Waals surface area (Å²) in [5.74, 6) is -1.31. The minimum atomic E-state index is -5.07. The molecule has 0 spiro atoms. The van der Waals surface area contributed by atoms with Crippen LogP contribution in [0.3, 0.4) is 0 Å². The molecule has 12 heteroatoms. The SMILES string of the molecule is Cc1cnc(NC(=O)NC2=CC=C=C(C(=O)NC3CCN(CC4=C=C=CC=C4)C3)C=C2OC(F)(F)F)cn1. The number of hydrogen-bond donors (Lipinski definition) is 3. The molecule has 3 amide bonds. The first-order chi connectivity index (χ1) is 18.1. The quantitative estimate of drug-likeness (QED) is 0.473. The first kappa shape index (κ1) is 26.5. The number of hydrogen-bond acceptors (Lipinski definition) is 6. The average molecular weight is 525 g/mol. The van der Waals surface area contributed by atoms with Gasteiger partial charge in [-0.25, -0.2) is 9.78 Å². The fourth-order valence-corrected chi connectivity index (χ4v) is 3.80. The molecule has 38 heavy (non-hydrogen) atoms. The number of aryl methyl sites for hydroxylation is 1. The van der Waals surface area contributed by atoms with Crippen molar-refractivity contribution < 1.29 is 27.5 Å². The molecule has 0 aromatic carbocycles. The maximum absolute atomic E-state index is 13.2. The summed E-state index contributed by atoms with van der Waals surface area (Å²) in [6.07, 6.45) is 7.12. The van der Waals surface area contributed by atoms with Gasteiger partial charge in [0, 0.05) is 37.3 Å². The largest absolute Gasteiger partial charge is 0.573 e. The summed E-state index contributed by atoms with van der Waals surface area (Å²) < 4.78 is 43.6. The van der Waals surface area contributed by atoms with Gasteiger partial charge >= 0.3 is 12.4 Å². The summed E-state index contributed by atoms with van der Waals surface area (Å²) in [5, 5.41) is 7.47. The number of likely N-dealkylation sites (tertiary alicyclic amines) is 1. The van der Waals surface area contributed by atoms with Crippen LogP contribution in [0.1, 0.15) is 12.1 Å². The fraction of sp³-hybridized carbons (Fsp3) is 0.269. The lowest BCUT2D eigenvalue weighted by atomic mass is 10.2. The predicted molar refractivity (Wildman–Crippen MR) is 131 cm³/mol. The first-order valence-electron chi connectivity index (χ1n) is 11.6. The van der Waals surface area contributed by atoms with Gasteiger partial charge in [-0.15, -0.1) is 18.9 Å². The Hall–Kier alpha value is -4.59. The molecule has 3 aliphatic rings. The number of amides is 3.